The van der Waals surface area contributed by atoms with Crippen molar-refractivity contribution in [3.05, 3.63) is 0 Å². The molecule has 1 aliphatic carbocycles. The normalized spacial score (nSPS) is 40.8. The molecule has 2 rings (SSSR count). The van der Waals surface area contributed by atoms with Gasteiger partial charge in [-0.05, 0) is 26.3 Å². The molecule has 0 spiro atoms. The van der Waals surface area contributed by atoms with Crippen LogP contribution in [0.2, 0.25) is 0 Å². The lowest BCUT2D eigenvalue weighted by atomic mass is 9.72. The molecular weight excluding hydrogens is 192 g/mol. The van der Waals surface area contributed by atoms with Gasteiger partial charge in [-0.3, -0.25) is 4.90 Å². The molecule has 0 aromatic heterocycles. The maximum Gasteiger partial charge on any atom is 0.0622 e. The fourth-order valence-corrected chi connectivity index (χ4v) is 2.77. The van der Waals surface area contributed by atoms with Crippen molar-refractivity contribution < 1.29 is 9.47 Å². The van der Waals surface area contributed by atoms with Gasteiger partial charge in [-0.25, -0.2) is 0 Å². The zero-order chi connectivity index (χ0) is 10.9. The van der Waals surface area contributed by atoms with Crippen LogP contribution in [0.15, 0.2) is 0 Å². The van der Waals surface area contributed by atoms with Gasteiger partial charge in [0.2, 0.25) is 0 Å². The molecule has 0 radical (unpaired) electrons. The van der Waals surface area contributed by atoms with Gasteiger partial charge in [-0.1, -0.05) is 0 Å². The third kappa shape index (κ3) is 1.91. The van der Waals surface area contributed by atoms with E-state index in [0.29, 0.717) is 12.1 Å². The van der Waals surface area contributed by atoms with Crippen LogP contribution in [0.1, 0.15) is 19.3 Å². The van der Waals surface area contributed by atoms with E-state index in [1.54, 1.807) is 7.11 Å². The highest BCUT2D eigenvalue weighted by Gasteiger charge is 2.48. The number of likely N-dealkylation sites (N-methyl/N-ethyl adjacent to an activating group) is 1. The predicted molar refractivity (Wildman–Crippen MR) is 58.8 cm³/mol. The summed E-state index contributed by atoms with van der Waals surface area (Å²) in [5.74, 6) is 0. The van der Waals surface area contributed by atoms with Crippen LogP contribution >= 0.6 is 0 Å². The van der Waals surface area contributed by atoms with Crippen LogP contribution in [0.3, 0.4) is 0 Å². The number of methoxy groups -OCH3 is 1. The van der Waals surface area contributed by atoms with Gasteiger partial charge in [0.25, 0.3) is 0 Å². The van der Waals surface area contributed by atoms with E-state index in [2.05, 4.69) is 11.9 Å². The Labute approximate surface area is 91.7 Å². The first-order valence-corrected chi connectivity index (χ1v) is 5.75. The minimum absolute atomic E-state index is 0.166. The lowest BCUT2D eigenvalue weighted by Gasteiger charge is -2.53. The summed E-state index contributed by atoms with van der Waals surface area (Å²) < 4.78 is 10.8. The third-order valence-corrected chi connectivity index (χ3v) is 4.13. The standard InChI is InChI=1S/C11H22N2O2/c1-13(9-3-4-15-7-9)11(8-12)5-10(6-11)14-2/h9-10H,3-8,12H2,1-2H3. The fraction of sp³-hybridized carbons (Fsp3) is 1.00. The highest BCUT2D eigenvalue weighted by atomic mass is 16.5. The SMILES string of the molecule is COC1CC(CN)(N(C)C2CCOC2)C1. The molecule has 1 aliphatic heterocycles. The Morgan fingerprint density at radius 3 is 2.73 bits per heavy atom. The van der Waals surface area contributed by atoms with Crippen LogP contribution in [0.4, 0.5) is 0 Å². The number of nitrogens with two attached hydrogens (primary N) is 1. The molecule has 1 atom stereocenters. The van der Waals surface area contributed by atoms with Gasteiger partial charge < -0.3 is 15.2 Å². The molecule has 4 heteroatoms. The van der Waals surface area contributed by atoms with Crippen LogP contribution in [-0.2, 0) is 9.47 Å². The number of hydrogen-bond acceptors (Lipinski definition) is 4. The van der Waals surface area contributed by atoms with Crippen LogP contribution < -0.4 is 5.73 Å². The largest absolute Gasteiger partial charge is 0.381 e. The van der Waals surface area contributed by atoms with E-state index in [4.69, 9.17) is 15.2 Å². The molecule has 2 fully saturated rings. The summed E-state index contributed by atoms with van der Waals surface area (Å²) in [7, 11) is 3.96. The Morgan fingerprint density at radius 2 is 2.27 bits per heavy atom. The van der Waals surface area contributed by atoms with Gasteiger partial charge in [0, 0.05) is 31.8 Å². The monoisotopic (exact) mass is 214 g/mol. The van der Waals surface area contributed by atoms with Crippen molar-refractivity contribution in [2.45, 2.75) is 36.9 Å². The zero-order valence-corrected chi connectivity index (χ0v) is 9.74. The summed E-state index contributed by atoms with van der Waals surface area (Å²) >= 11 is 0. The molecular formula is C11H22N2O2. The lowest BCUT2D eigenvalue weighted by molar-refractivity contribution is -0.0920. The molecule has 0 bridgehead atoms. The van der Waals surface area contributed by atoms with Crippen LogP contribution in [0.5, 0.6) is 0 Å². The first kappa shape index (κ1) is 11.3. The van der Waals surface area contributed by atoms with Gasteiger partial charge in [-0.2, -0.15) is 0 Å². The molecule has 0 aromatic rings. The molecule has 1 saturated heterocycles. The minimum atomic E-state index is 0.166. The summed E-state index contributed by atoms with van der Waals surface area (Å²) in [5, 5.41) is 0. The number of rotatable bonds is 4. The van der Waals surface area contributed by atoms with E-state index in [9.17, 15) is 0 Å². The van der Waals surface area contributed by atoms with Crippen molar-refractivity contribution in [2.75, 3.05) is 33.9 Å². The molecule has 88 valence electrons. The maximum absolute atomic E-state index is 5.92. The van der Waals surface area contributed by atoms with Gasteiger partial charge in [-0.15, -0.1) is 0 Å². The highest BCUT2D eigenvalue weighted by Crippen LogP contribution is 2.39. The van der Waals surface area contributed by atoms with Gasteiger partial charge in [0.05, 0.1) is 12.7 Å². The summed E-state index contributed by atoms with van der Waals surface area (Å²) in [6.07, 6.45) is 3.66. The van der Waals surface area contributed by atoms with Crippen molar-refractivity contribution in [3.8, 4) is 0 Å². The van der Waals surface area contributed by atoms with Crippen molar-refractivity contribution in [3.63, 3.8) is 0 Å². The van der Waals surface area contributed by atoms with Crippen molar-refractivity contribution >= 4 is 0 Å². The molecule has 0 aromatic carbocycles. The van der Waals surface area contributed by atoms with Crippen LogP contribution in [-0.4, -0.2) is 56.5 Å². The average Bonchev–Trinajstić information content (AvgIpc) is 2.70. The first-order valence-electron chi connectivity index (χ1n) is 5.75. The van der Waals surface area contributed by atoms with Crippen molar-refractivity contribution in [1.82, 2.24) is 4.90 Å². The van der Waals surface area contributed by atoms with E-state index < -0.39 is 0 Å². The van der Waals surface area contributed by atoms with Crippen molar-refractivity contribution in [2.24, 2.45) is 5.73 Å². The summed E-state index contributed by atoms with van der Waals surface area (Å²) in [6, 6.07) is 0.548. The topological polar surface area (TPSA) is 47.7 Å². The van der Waals surface area contributed by atoms with Gasteiger partial charge in [0.1, 0.15) is 0 Å². The predicted octanol–water partition coefficient (Wildman–Crippen LogP) is 0.213. The van der Waals surface area contributed by atoms with E-state index in [-0.39, 0.29) is 5.54 Å². The van der Waals surface area contributed by atoms with Crippen molar-refractivity contribution in [1.29, 1.82) is 0 Å². The van der Waals surface area contributed by atoms with Gasteiger partial charge >= 0.3 is 0 Å². The second kappa shape index (κ2) is 4.37. The van der Waals surface area contributed by atoms with Crippen LogP contribution in [0, 0.1) is 0 Å². The van der Waals surface area contributed by atoms with E-state index in [1.165, 1.54) is 0 Å². The van der Waals surface area contributed by atoms with Gasteiger partial charge in [0.15, 0.2) is 0 Å². The average molecular weight is 214 g/mol. The lowest BCUT2D eigenvalue weighted by Crippen LogP contribution is -2.65. The van der Waals surface area contributed by atoms with E-state index in [0.717, 1.165) is 39.0 Å². The summed E-state index contributed by atoms with van der Waals surface area (Å²) in [4.78, 5) is 2.43. The molecule has 1 unspecified atom stereocenters. The number of ether oxygens (including phenoxy) is 2. The Balaban J connectivity index is 1.94. The molecule has 4 nitrogen and oxygen atoms in total. The summed E-state index contributed by atoms with van der Waals surface area (Å²) in [5.41, 5.74) is 6.08. The van der Waals surface area contributed by atoms with E-state index >= 15 is 0 Å². The second-order valence-corrected chi connectivity index (χ2v) is 4.82. The molecule has 1 saturated carbocycles. The second-order valence-electron chi connectivity index (χ2n) is 4.82. The van der Waals surface area contributed by atoms with Crippen LogP contribution in [0.25, 0.3) is 0 Å². The minimum Gasteiger partial charge on any atom is -0.381 e. The Morgan fingerprint density at radius 1 is 1.53 bits per heavy atom. The van der Waals surface area contributed by atoms with E-state index in [1.807, 2.05) is 0 Å². The quantitative estimate of drug-likeness (QED) is 0.727. The Hall–Kier alpha value is -0.160. The Kier molecular flexibility index (Phi) is 3.30. The smallest absolute Gasteiger partial charge is 0.0622 e. The fourth-order valence-electron chi connectivity index (χ4n) is 2.77. The molecule has 2 aliphatic rings. The maximum atomic E-state index is 5.92. The molecule has 2 N–H and O–H groups in total. The third-order valence-electron chi connectivity index (χ3n) is 4.13. The number of hydrogen-bond donors (Lipinski definition) is 1. The zero-order valence-electron chi connectivity index (χ0n) is 9.74. The first-order chi connectivity index (χ1) is 7.22. The summed E-state index contributed by atoms with van der Waals surface area (Å²) in [6.45, 7) is 2.47. The molecule has 1 heterocycles. The highest BCUT2D eigenvalue weighted by molar-refractivity contribution is 5.05. The molecule has 15 heavy (non-hydrogen) atoms. The molecule has 0 amide bonds. The Bertz CT molecular complexity index is 211. The number of nitrogens with zero attached hydrogens (tertiary/aromatic N) is 1.